The Morgan fingerprint density at radius 1 is 0.415 bits per heavy atom. The van der Waals surface area contributed by atoms with Crippen LogP contribution >= 0.6 is 15.9 Å². The molecule has 0 amide bonds. The minimum atomic E-state index is -0.141. The Hall–Kier alpha value is -9.66. The van der Waals surface area contributed by atoms with Gasteiger partial charge in [-0.3, -0.25) is 0 Å². The first-order chi connectivity index (χ1) is 39.7. The summed E-state index contributed by atoms with van der Waals surface area (Å²) >= 11 is 3.72. The molecule has 2 aliphatic rings. The molecule has 12 nitrogen and oxygen atoms in total. The number of fused-ring (bicyclic) bond motifs is 6. The highest BCUT2D eigenvalue weighted by molar-refractivity contribution is 9.10. The van der Waals surface area contributed by atoms with Gasteiger partial charge in [0.05, 0.1) is 0 Å². The maximum Gasteiger partial charge on any atom is 0.260 e. The van der Waals surface area contributed by atoms with E-state index in [-0.39, 0.29) is 17.5 Å². The van der Waals surface area contributed by atoms with Crippen LogP contribution in [0.4, 0.5) is 0 Å². The number of ether oxygens (including phenoxy) is 6. The van der Waals surface area contributed by atoms with E-state index in [9.17, 15) is 0 Å². The van der Waals surface area contributed by atoms with Gasteiger partial charge < -0.3 is 37.3 Å². The smallest absolute Gasteiger partial charge is 0.260 e. The van der Waals surface area contributed by atoms with Gasteiger partial charge in [-0.05, 0) is 188 Å². The van der Waals surface area contributed by atoms with Crippen LogP contribution < -0.4 is 44.8 Å². The molecule has 0 radical (unpaired) electrons. The van der Waals surface area contributed by atoms with Crippen LogP contribution in [0.5, 0.6) is 69.3 Å². The van der Waals surface area contributed by atoms with E-state index in [0.29, 0.717) is 62.5 Å². The number of hydrogen-bond donors (Lipinski definition) is 0. The third-order valence-corrected chi connectivity index (χ3v) is 14.9. The van der Waals surface area contributed by atoms with E-state index in [1.54, 1.807) is 12.4 Å². The van der Waals surface area contributed by atoms with Crippen molar-refractivity contribution in [3.05, 3.63) is 222 Å². The zero-order valence-electron chi connectivity index (χ0n) is 45.6. The van der Waals surface area contributed by atoms with E-state index in [2.05, 4.69) is 90.6 Å². The fraction of sp³-hybridized carbons (Fsp3) is 0.118. The quantitative estimate of drug-likeness (QED) is 0.121. The molecule has 0 saturated heterocycles. The predicted molar refractivity (Wildman–Crippen MR) is 323 cm³/mol. The molecule has 12 aromatic rings. The fourth-order valence-electron chi connectivity index (χ4n) is 9.81. The van der Waals surface area contributed by atoms with Gasteiger partial charge in [0.15, 0.2) is 11.2 Å². The highest BCUT2D eigenvalue weighted by Crippen LogP contribution is 2.44. The highest BCUT2D eigenvalue weighted by atomic mass is 79.9. The normalized spacial score (nSPS) is 12.3. The molecular formula is C68H52BBrN4O8. The highest BCUT2D eigenvalue weighted by Gasteiger charge is 2.42. The lowest BCUT2D eigenvalue weighted by molar-refractivity contribution is 0.444. The molecule has 4 aromatic heterocycles. The molecule has 0 spiro atoms. The Morgan fingerprint density at radius 2 is 0.854 bits per heavy atom. The number of para-hydroxylation sites is 4. The molecular weight excluding hydrogens is 1090 g/mol. The van der Waals surface area contributed by atoms with Gasteiger partial charge in [0.1, 0.15) is 73.0 Å². The second-order valence-electron chi connectivity index (χ2n) is 22.0. The largest absolute Gasteiger partial charge is 0.458 e. The van der Waals surface area contributed by atoms with Gasteiger partial charge in [-0.15, -0.1) is 0 Å². The Balaban J connectivity index is 0.000000154. The summed E-state index contributed by atoms with van der Waals surface area (Å²) in [5.41, 5.74) is 9.95. The first kappa shape index (κ1) is 51.8. The summed E-state index contributed by atoms with van der Waals surface area (Å²) in [6, 6.07) is 62.2. The first-order valence-corrected chi connectivity index (χ1v) is 27.6. The maximum absolute atomic E-state index is 6.58. The van der Waals surface area contributed by atoms with Crippen LogP contribution in [0, 0.1) is 0 Å². The van der Waals surface area contributed by atoms with Gasteiger partial charge in [-0.25, -0.2) is 19.9 Å². The monoisotopic (exact) mass is 1140 g/mol. The molecule has 0 N–H and O–H groups in total. The molecule has 0 saturated carbocycles. The topological polar surface area (TPSA) is 133 Å². The predicted octanol–water partition coefficient (Wildman–Crippen LogP) is 17.0. The first-order valence-electron chi connectivity index (χ1n) is 26.8. The van der Waals surface area contributed by atoms with Gasteiger partial charge in [0, 0.05) is 41.1 Å². The van der Waals surface area contributed by atoms with Crippen LogP contribution in [0.1, 0.15) is 52.7 Å². The lowest BCUT2D eigenvalue weighted by Crippen LogP contribution is -2.57. The Morgan fingerprint density at radius 3 is 1.38 bits per heavy atom. The number of pyridine rings is 2. The summed E-state index contributed by atoms with van der Waals surface area (Å²) in [5.74, 6) is 9.40. The molecule has 0 atom stereocenters. The van der Waals surface area contributed by atoms with Crippen molar-refractivity contribution in [1.82, 2.24) is 19.9 Å². The summed E-state index contributed by atoms with van der Waals surface area (Å²) in [5, 5.41) is 0. The van der Waals surface area contributed by atoms with Crippen LogP contribution in [0.3, 0.4) is 0 Å². The number of nitrogens with zero attached hydrogens (tertiary/aromatic N) is 4. The zero-order chi connectivity index (χ0) is 56.1. The van der Waals surface area contributed by atoms with Gasteiger partial charge in [0.2, 0.25) is 23.5 Å². The van der Waals surface area contributed by atoms with Crippen LogP contribution in [0.15, 0.2) is 220 Å². The number of halogens is 1. The SMILES string of the molecule is CC(C)(C)c1cc(Oc2ccc(Oc3ccccn3)cc2)c(Br)c(Oc2ccc(-c3nc4ccccc4o3)cc2)c1.CC(C)(C)c1cc2c3c(c1)Oc1ccc(-c4nc5ccccc5o4)cc1B3c1cc(Oc3ccccn3)ccc1O2. The van der Waals surface area contributed by atoms with Crippen molar-refractivity contribution in [2.75, 3.05) is 0 Å². The van der Waals surface area contributed by atoms with Crippen molar-refractivity contribution in [2.45, 2.75) is 52.4 Å². The lowest BCUT2D eigenvalue weighted by Gasteiger charge is -2.34. The summed E-state index contributed by atoms with van der Waals surface area (Å²) < 4.78 is 50.5. The summed E-state index contributed by atoms with van der Waals surface area (Å²) in [6.07, 6.45) is 3.41. The molecule has 8 aromatic carbocycles. The average molecular weight is 1140 g/mol. The molecule has 14 heteroatoms. The van der Waals surface area contributed by atoms with E-state index >= 15 is 0 Å². The second kappa shape index (κ2) is 21.1. The molecule has 0 unspecified atom stereocenters. The van der Waals surface area contributed by atoms with E-state index in [0.717, 1.165) is 83.8 Å². The number of oxazole rings is 2. The van der Waals surface area contributed by atoms with Crippen molar-refractivity contribution in [1.29, 1.82) is 0 Å². The van der Waals surface area contributed by atoms with Crippen molar-refractivity contribution in [3.8, 4) is 92.2 Å². The molecule has 14 rings (SSSR count). The number of rotatable bonds is 10. The maximum atomic E-state index is 6.58. The van der Waals surface area contributed by atoms with Crippen molar-refractivity contribution >= 4 is 61.2 Å². The average Bonchev–Trinajstić information content (AvgIpc) is 2.96. The van der Waals surface area contributed by atoms with Gasteiger partial charge >= 0.3 is 0 Å². The van der Waals surface area contributed by atoms with E-state index in [1.807, 2.05) is 176 Å². The minimum Gasteiger partial charge on any atom is -0.458 e. The summed E-state index contributed by atoms with van der Waals surface area (Å²) in [7, 11) is 0. The molecule has 0 aliphatic carbocycles. The van der Waals surface area contributed by atoms with E-state index in [4.69, 9.17) is 42.2 Å². The van der Waals surface area contributed by atoms with Crippen LogP contribution in [-0.2, 0) is 10.8 Å². The summed E-state index contributed by atoms with van der Waals surface area (Å²) in [6.45, 7) is 12.9. The van der Waals surface area contributed by atoms with E-state index < -0.39 is 0 Å². The number of aromatic nitrogens is 4. The number of hydrogen-bond acceptors (Lipinski definition) is 12. The Kier molecular flexibility index (Phi) is 13.3. The molecule has 0 bridgehead atoms. The fourth-order valence-corrected chi connectivity index (χ4v) is 10.2. The lowest BCUT2D eigenvalue weighted by atomic mass is 9.34. The molecule has 6 heterocycles. The summed E-state index contributed by atoms with van der Waals surface area (Å²) in [4.78, 5) is 17.9. The third kappa shape index (κ3) is 10.6. The molecule has 82 heavy (non-hydrogen) atoms. The number of benzene rings is 8. The second-order valence-corrected chi connectivity index (χ2v) is 22.8. The minimum absolute atomic E-state index is 0.0779. The molecule has 0 fully saturated rings. The van der Waals surface area contributed by atoms with Gasteiger partial charge in [0.25, 0.3) is 6.71 Å². The molecule has 402 valence electrons. The van der Waals surface area contributed by atoms with Gasteiger partial charge in [-0.2, -0.15) is 0 Å². The van der Waals surface area contributed by atoms with Crippen molar-refractivity contribution < 1.29 is 37.3 Å². The van der Waals surface area contributed by atoms with Crippen LogP contribution in [0.25, 0.3) is 45.1 Å². The van der Waals surface area contributed by atoms with Crippen LogP contribution in [0.2, 0.25) is 0 Å². The van der Waals surface area contributed by atoms with Crippen molar-refractivity contribution in [3.63, 3.8) is 0 Å². The third-order valence-electron chi connectivity index (χ3n) is 14.1. The van der Waals surface area contributed by atoms with Crippen LogP contribution in [-0.4, -0.2) is 26.6 Å². The van der Waals surface area contributed by atoms with Crippen molar-refractivity contribution in [2.24, 2.45) is 0 Å². The standard InChI is InChI=1S/C34H25BN2O4.C34H27BrN2O4/c1-34(2,3)21-17-29-32-30(18-21)40-27-14-12-22(38-31-10-6-7-15-36-31)19-24(27)35(32)23-16-20(11-13-26(23)39-29)33-37-25-8-4-5-9-28(25)41-33;1-34(2,3)23-20-29(38-24-13-11-22(12-14-24)33-37-27-8-4-5-9-28(27)41-33)32(35)30(21-23)39-25-15-17-26(18-16-25)40-31-10-6-7-19-36-31/h4-19H,1-3H3;4-21H,1-3H3. The zero-order valence-corrected chi connectivity index (χ0v) is 47.2. The Bertz CT molecular complexity index is 4230. The molecule has 2 aliphatic heterocycles. The Labute approximate surface area is 482 Å². The van der Waals surface area contributed by atoms with Gasteiger partial charge in [-0.1, -0.05) is 84.0 Å². The van der Waals surface area contributed by atoms with E-state index in [1.165, 1.54) is 0 Å².